The number of nitrogens with zero attached hydrogens (tertiary/aromatic N) is 1. The highest BCUT2D eigenvalue weighted by Gasteiger charge is 2.31. The van der Waals surface area contributed by atoms with Gasteiger partial charge in [0.25, 0.3) is 0 Å². The highest BCUT2D eigenvalue weighted by atomic mass is 32.2. The number of likely N-dealkylation sites (tertiary alicyclic amines) is 1. The molecule has 2 heterocycles. The summed E-state index contributed by atoms with van der Waals surface area (Å²) in [6.07, 6.45) is 9.32. The van der Waals surface area contributed by atoms with Gasteiger partial charge in [0.1, 0.15) is 9.84 Å². The zero-order chi connectivity index (χ0) is 18.1. The summed E-state index contributed by atoms with van der Waals surface area (Å²) in [6.45, 7) is 4.26. The Balaban J connectivity index is 1.49. The molecule has 1 N–H and O–H groups in total. The van der Waals surface area contributed by atoms with Crippen LogP contribution in [0.2, 0.25) is 0 Å². The van der Waals surface area contributed by atoms with Gasteiger partial charge in [-0.3, -0.25) is 4.90 Å². The van der Waals surface area contributed by atoms with Crippen LogP contribution in [0.25, 0.3) is 10.9 Å². The number of hydrogen-bond donors (Lipinski definition) is 1. The Labute approximate surface area is 156 Å². The van der Waals surface area contributed by atoms with Gasteiger partial charge in [0.2, 0.25) is 0 Å². The van der Waals surface area contributed by atoms with Gasteiger partial charge in [-0.05, 0) is 74.2 Å². The minimum absolute atomic E-state index is 0.225. The van der Waals surface area contributed by atoms with E-state index in [9.17, 15) is 8.42 Å². The maximum atomic E-state index is 11.8. The Hall–Kier alpha value is -1.33. The molecule has 1 atom stereocenters. The molecule has 142 valence electrons. The van der Waals surface area contributed by atoms with Crippen molar-refractivity contribution in [1.82, 2.24) is 9.88 Å². The number of rotatable bonds is 8. The lowest BCUT2D eigenvalue weighted by Crippen LogP contribution is -2.32. The first kappa shape index (κ1) is 18.1. The predicted octanol–water partition coefficient (Wildman–Crippen LogP) is 3.56. The van der Waals surface area contributed by atoms with Gasteiger partial charge in [-0.2, -0.15) is 0 Å². The number of sulfone groups is 1. The second kappa shape index (κ2) is 7.35. The summed E-state index contributed by atoms with van der Waals surface area (Å²) in [5.74, 6) is 1.42. The van der Waals surface area contributed by atoms with E-state index < -0.39 is 9.84 Å². The maximum absolute atomic E-state index is 11.8. The van der Waals surface area contributed by atoms with Crippen LogP contribution in [0, 0.1) is 5.92 Å². The molecular formula is C21H30N2O2S. The predicted molar refractivity (Wildman–Crippen MR) is 107 cm³/mol. The third-order valence-electron chi connectivity index (χ3n) is 6.12. The summed E-state index contributed by atoms with van der Waals surface area (Å²) in [7, 11) is -2.91. The van der Waals surface area contributed by atoms with Gasteiger partial charge in [-0.1, -0.05) is 13.0 Å². The Morgan fingerprint density at radius 3 is 2.85 bits per heavy atom. The molecule has 4 nitrogen and oxygen atoms in total. The van der Waals surface area contributed by atoms with Crippen molar-refractivity contribution < 1.29 is 8.42 Å². The summed E-state index contributed by atoms with van der Waals surface area (Å²) < 4.78 is 23.6. The highest BCUT2D eigenvalue weighted by Crippen LogP contribution is 2.33. The lowest BCUT2D eigenvalue weighted by atomic mass is 10.0. The van der Waals surface area contributed by atoms with E-state index in [1.165, 1.54) is 49.7 Å². The third-order valence-corrected chi connectivity index (χ3v) is 7.82. The van der Waals surface area contributed by atoms with Gasteiger partial charge in [0.05, 0.1) is 5.75 Å². The first-order valence-electron chi connectivity index (χ1n) is 10.1. The van der Waals surface area contributed by atoms with Gasteiger partial charge in [-0.25, -0.2) is 8.42 Å². The number of aryl methyl sites for hydroxylation is 1. The van der Waals surface area contributed by atoms with E-state index in [4.69, 9.17) is 0 Å². The molecule has 1 aliphatic carbocycles. The molecule has 0 unspecified atom stereocenters. The summed E-state index contributed by atoms with van der Waals surface area (Å²) in [5.41, 5.74) is 3.67. The van der Waals surface area contributed by atoms with Crippen LogP contribution in [0.3, 0.4) is 0 Å². The number of H-pyrrole nitrogens is 1. The summed E-state index contributed by atoms with van der Waals surface area (Å²) in [6, 6.07) is 7.03. The van der Waals surface area contributed by atoms with Crippen molar-refractivity contribution in [2.75, 3.05) is 24.6 Å². The number of aromatic amines is 1. The van der Waals surface area contributed by atoms with Crippen molar-refractivity contribution in [2.24, 2.45) is 5.92 Å². The van der Waals surface area contributed by atoms with Gasteiger partial charge >= 0.3 is 0 Å². The molecule has 1 saturated heterocycles. The van der Waals surface area contributed by atoms with Crippen LogP contribution in [0.5, 0.6) is 0 Å². The average molecular weight is 375 g/mol. The molecule has 1 aromatic carbocycles. The number of nitrogens with one attached hydrogen (secondary N) is 1. The van der Waals surface area contributed by atoms with Crippen LogP contribution in [-0.2, 0) is 22.7 Å². The fraction of sp³-hybridized carbons (Fsp3) is 0.619. The lowest BCUT2D eigenvalue weighted by Gasteiger charge is -2.24. The van der Waals surface area contributed by atoms with Gasteiger partial charge in [0.15, 0.2) is 0 Å². The smallest absolute Gasteiger partial charge is 0.150 e. The van der Waals surface area contributed by atoms with Crippen molar-refractivity contribution in [1.29, 1.82) is 0 Å². The van der Waals surface area contributed by atoms with Gasteiger partial charge in [0, 0.05) is 35.4 Å². The zero-order valence-corrected chi connectivity index (χ0v) is 16.5. The van der Waals surface area contributed by atoms with Crippen LogP contribution in [0.4, 0.5) is 0 Å². The third kappa shape index (κ3) is 4.15. The average Bonchev–Trinajstić information content (AvgIpc) is 3.21. The Morgan fingerprint density at radius 2 is 2.08 bits per heavy atom. The number of benzene rings is 1. The molecule has 4 rings (SSSR count). The molecule has 0 amide bonds. The van der Waals surface area contributed by atoms with E-state index in [1.54, 1.807) is 6.92 Å². The van der Waals surface area contributed by atoms with Crippen molar-refractivity contribution >= 4 is 20.7 Å². The maximum Gasteiger partial charge on any atom is 0.150 e. The van der Waals surface area contributed by atoms with Crippen LogP contribution in [0.15, 0.2) is 24.4 Å². The minimum Gasteiger partial charge on any atom is -0.361 e. The van der Waals surface area contributed by atoms with E-state index in [0.717, 1.165) is 23.4 Å². The number of hydrogen-bond acceptors (Lipinski definition) is 3. The summed E-state index contributed by atoms with van der Waals surface area (Å²) >= 11 is 0. The quantitative estimate of drug-likeness (QED) is 0.769. The van der Waals surface area contributed by atoms with E-state index in [0.29, 0.717) is 12.5 Å². The second-order valence-corrected chi connectivity index (χ2v) is 10.6. The summed E-state index contributed by atoms with van der Waals surface area (Å²) in [5, 5.41) is 1.27. The van der Waals surface area contributed by atoms with Crippen LogP contribution >= 0.6 is 0 Å². The topological polar surface area (TPSA) is 53.2 Å². The minimum atomic E-state index is -2.91. The zero-order valence-electron chi connectivity index (χ0n) is 15.7. The molecule has 1 aromatic heterocycles. The van der Waals surface area contributed by atoms with Gasteiger partial charge < -0.3 is 4.98 Å². The van der Waals surface area contributed by atoms with Crippen LogP contribution in [0.1, 0.15) is 43.7 Å². The lowest BCUT2D eigenvalue weighted by molar-refractivity contribution is 0.243. The van der Waals surface area contributed by atoms with Crippen LogP contribution in [-0.4, -0.2) is 48.9 Å². The van der Waals surface area contributed by atoms with Gasteiger partial charge in [-0.15, -0.1) is 0 Å². The molecule has 0 radical (unpaired) electrons. The normalized spacial score (nSPS) is 21.7. The van der Waals surface area contributed by atoms with E-state index in [-0.39, 0.29) is 11.5 Å². The molecule has 5 heteroatoms. The molecule has 26 heavy (non-hydrogen) atoms. The largest absolute Gasteiger partial charge is 0.361 e. The fourth-order valence-corrected chi connectivity index (χ4v) is 5.06. The SMILES string of the molecule is CCS(=O)(=O)CCc1ccc2[nH]cc(C[C@H]3CCCN3CC3CC3)c2c1. The van der Waals surface area contributed by atoms with Crippen LogP contribution < -0.4 is 0 Å². The molecule has 2 aliphatic rings. The fourth-order valence-electron chi connectivity index (χ4n) is 4.22. The standard InChI is InChI=1S/C21H30N2O2S/c1-2-26(24,25)11-9-16-7-8-21-20(12-16)18(14-22-21)13-19-4-3-10-23(19)15-17-5-6-17/h7-8,12,14,17,19,22H,2-6,9-11,13,15H2,1H3/t19-/m1/s1. The molecule has 2 aromatic rings. The molecule has 1 aliphatic heterocycles. The highest BCUT2D eigenvalue weighted by molar-refractivity contribution is 7.91. The van der Waals surface area contributed by atoms with E-state index >= 15 is 0 Å². The monoisotopic (exact) mass is 374 g/mol. The summed E-state index contributed by atoms with van der Waals surface area (Å²) in [4.78, 5) is 6.11. The molecule has 2 fully saturated rings. The number of fused-ring (bicyclic) bond motifs is 1. The Morgan fingerprint density at radius 1 is 1.23 bits per heavy atom. The van der Waals surface area contributed by atoms with Crippen molar-refractivity contribution in [3.63, 3.8) is 0 Å². The Kier molecular flexibility index (Phi) is 5.11. The van der Waals surface area contributed by atoms with E-state index in [1.807, 2.05) is 0 Å². The molecule has 0 spiro atoms. The first-order valence-corrected chi connectivity index (χ1v) is 11.9. The van der Waals surface area contributed by atoms with Crippen molar-refractivity contribution in [2.45, 2.75) is 51.5 Å². The first-order chi connectivity index (χ1) is 12.5. The van der Waals surface area contributed by atoms with Crippen molar-refractivity contribution in [3.05, 3.63) is 35.5 Å². The van der Waals surface area contributed by atoms with E-state index in [2.05, 4.69) is 34.3 Å². The molecule has 0 bridgehead atoms. The van der Waals surface area contributed by atoms with Crippen molar-refractivity contribution in [3.8, 4) is 0 Å². The number of aromatic nitrogens is 1. The molecule has 1 saturated carbocycles. The Bertz CT molecular complexity index is 867. The second-order valence-electron chi connectivity index (χ2n) is 8.12. The molecular weight excluding hydrogens is 344 g/mol.